The van der Waals surface area contributed by atoms with E-state index in [1.807, 2.05) is 24.5 Å². The molecule has 3 aliphatic rings. The first-order valence-electron chi connectivity index (χ1n) is 11.6. The molecule has 1 unspecified atom stereocenters. The summed E-state index contributed by atoms with van der Waals surface area (Å²) in [5, 5.41) is 0. The van der Waals surface area contributed by atoms with Gasteiger partial charge in [-0.2, -0.15) is 0 Å². The molecular formula is C25H24N6O3. The summed E-state index contributed by atoms with van der Waals surface area (Å²) < 4.78 is 19.8. The zero-order valence-corrected chi connectivity index (χ0v) is 18.7. The number of pyridine rings is 1. The zero-order chi connectivity index (χ0) is 22.5. The second kappa shape index (κ2) is 7.83. The fourth-order valence-electron chi connectivity index (χ4n) is 5.28. The molecule has 1 saturated heterocycles. The first-order chi connectivity index (χ1) is 16.8. The quantitative estimate of drug-likeness (QED) is 0.455. The number of aromatic nitrogens is 5. The van der Waals surface area contributed by atoms with Gasteiger partial charge in [-0.15, -0.1) is 0 Å². The van der Waals surface area contributed by atoms with Gasteiger partial charge in [0.2, 0.25) is 5.95 Å². The van der Waals surface area contributed by atoms with E-state index in [9.17, 15) is 0 Å². The van der Waals surface area contributed by atoms with Crippen molar-refractivity contribution in [3.63, 3.8) is 0 Å². The Balaban J connectivity index is 1.33. The standard InChI is InChI=1S/C25H24N6O3/c1-2-4-19-17(3-1)13-33-15-25(19)16-34-14-22-28-21-6-5-20(29-23(21)31(22)25)18-11-26-24(27-12-18)30-7-9-32-10-8-30/h1-6,11-12H,7-10,13-16H2. The number of rotatable bonds is 2. The van der Waals surface area contributed by atoms with Gasteiger partial charge in [-0.3, -0.25) is 4.57 Å². The van der Waals surface area contributed by atoms with Gasteiger partial charge in [-0.25, -0.2) is 19.9 Å². The molecule has 9 heteroatoms. The zero-order valence-electron chi connectivity index (χ0n) is 18.7. The average Bonchev–Trinajstić information content (AvgIpc) is 3.29. The van der Waals surface area contributed by atoms with Crippen LogP contribution in [0.5, 0.6) is 0 Å². The second-order valence-electron chi connectivity index (χ2n) is 8.95. The molecular weight excluding hydrogens is 432 g/mol. The van der Waals surface area contributed by atoms with E-state index in [0.29, 0.717) is 39.6 Å². The average molecular weight is 457 g/mol. The van der Waals surface area contributed by atoms with E-state index >= 15 is 0 Å². The van der Waals surface area contributed by atoms with E-state index in [-0.39, 0.29) is 0 Å². The minimum Gasteiger partial charge on any atom is -0.378 e. The highest BCUT2D eigenvalue weighted by molar-refractivity contribution is 5.77. The lowest BCUT2D eigenvalue weighted by molar-refractivity contribution is -0.0423. The number of fused-ring (bicyclic) bond motifs is 6. The van der Waals surface area contributed by atoms with E-state index < -0.39 is 5.54 Å². The number of hydrogen-bond donors (Lipinski definition) is 0. The third-order valence-corrected chi connectivity index (χ3v) is 6.92. The first-order valence-corrected chi connectivity index (χ1v) is 11.6. The molecule has 9 nitrogen and oxygen atoms in total. The van der Waals surface area contributed by atoms with Crippen molar-refractivity contribution in [1.82, 2.24) is 24.5 Å². The third-order valence-electron chi connectivity index (χ3n) is 6.92. The van der Waals surface area contributed by atoms with Crippen LogP contribution < -0.4 is 4.90 Å². The van der Waals surface area contributed by atoms with Gasteiger partial charge in [0.25, 0.3) is 0 Å². The van der Waals surface area contributed by atoms with Crippen LogP contribution in [-0.2, 0) is 33.0 Å². The van der Waals surface area contributed by atoms with E-state index in [2.05, 4.69) is 43.7 Å². The first kappa shape index (κ1) is 20.0. The molecule has 3 aromatic heterocycles. The number of morpholine rings is 1. The molecule has 1 fully saturated rings. The van der Waals surface area contributed by atoms with Crippen LogP contribution in [0, 0.1) is 0 Å². The maximum atomic E-state index is 6.06. The highest BCUT2D eigenvalue weighted by atomic mass is 16.5. The molecule has 1 aromatic carbocycles. The Kier molecular flexibility index (Phi) is 4.61. The lowest BCUT2D eigenvalue weighted by atomic mass is 9.85. The molecule has 1 atom stereocenters. The second-order valence-corrected chi connectivity index (χ2v) is 8.95. The Morgan fingerprint density at radius 1 is 0.824 bits per heavy atom. The van der Waals surface area contributed by atoms with Crippen LogP contribution in [0.4, 0.5) is 5.95 Å². The maximum absolute atomic E-state index is 6.06. The Hall–Kier alpha value is -3.40. The summed E-state index contributed by atoms with van der Waals surface area (Å²) in [5.41, 5.74) is 5.26. The fourth-order valence-corrected chi connectivity index (χ4v) is 5.28. The van der Waals surface area contributed by atoms with Crippen molar-refractivity contribution in [2.24, 2.45) is 0 Å². The van der Waals surface area contributed by atoms with Crippen LogP contribution >= 0.6 is 0 Å². The van der Waals surface area contributed by atoms with Crippen molar-refractivity contribution >= 4 is 17.1 Å². The lowest BCUT2D eigenvalue weighted by Gasteiger charge is -2.43. The summed E-state index contributed by atoms with van der Waals surface area (Å²) in [6.07, 6.45) is 3.69. The van der Waals surface area contributed by atoms with Gasteiger partial charge in [0, 0.05) is 31.0 Å². The van der Waals surface area contributed by atoms with Gasteiger partial charge in [0.05, 0.1) is 38.7 Å². The van der Waals surface area contributed by atoms with Gasteiger partial charge in [-0.05, 0) is 23.3 Å². The Morgan fingerprint density at radius 2 is 1.62 bits per heavy atom. The van der Waals surface area contributed by atoms with Gasteiger partial charge in [0.15, 0.2) is 5.65 Å². The summed E-state index contributed by atoms with van der Waals surface area (Å²) in [6.45, 7) is 5.11. The topological polar surface area (TPSA) is 87.4 Å². The van der Waals surface area contributed by atoms with Crippen molar-refractivity contribution in [2.45, 2.75) is 18.8 Å². The smallest absolute Gasteiger partial charge is 0.225 e. The fraction of sp³-hybridized carbons (Fsp3) is 0.360. The monoisotopic (exact) mass is 456 g/mol. The van der Waals surface area contributed by atoms with E-state index in [0.717, 1.165) is 47.3 Å². The summed E-state index contributed by atoms with van der Waals surface area (Å²) in [7, 11) is 0. The van der Waals surface area contributed by atoms with E-state index in [1.54, 1.807) is 0 Å². The van der Waals surface area contributed by atoms with Crippen molar-refractivity contribution in [1.29, 1.82) is 0 Å². The van der Waals surface area contributed by atoms with Crippen molar-refractivity contribution in [3.05, 3.63) is 65.7 Å². The molecule has 0 bridgehead atoms. The lowest BCUT2D eigenvalue weighted by Crippen LogP contribution is -2.50. The van der Waals surface area contributed by atoms with Gasteiger partial charge in [-0.1, -0.05) is 24.3 Å². The van der Waals surface area contributed by atoms with Crippen LogP contribution in [0.25, 0.3) is 22.4 Å². The van der Waals surface area contributed by atoms with Crippen LogP contribution in [0.1, 0.15) is 17.0 Å². The van der Waals surface area contributed by atoms with Crippen molar-refractivity contribution in [3.8, 4) is 11.3 Å². The Morgan fingerprint density at radius 3 is 2.47 bits per heavy atom. The van der Waals surface area contributed by atoms with E-state index in [4.69, 9.17) is 24.2 Å². The van der Waals surface area contributed by atoms with Crippen LogP contribution in [0.2, 0.25) is 0 Å². The van der Waals surface area contributed by atoms with Gasteiger partial charge >= 0.3 is 0 Å². The maximum Gasteiger partial charge on any atom is 0.225 e. The highest BCUT2D eigenvalue weighted by Gasteiger charge is 2.44. The molecule has 6 heterocycles. The summed E-state index contributed by atoms with van der Waals surface area (Å²) >= 11 is 0. The number of anilines is 1. The van der Waals surface area contributed by atoms with Crippen LogP contribution in [0.3, 0.4) is 0 Å². The molecule has 0 amide bonds. The molecule has 7 rings (SSSR count). The Bertz CT molecular complexity index is 1360. The van der Waals surface area contributed by atoms with Crippen molar-refractivity contribution in [2.75, 3.05) is 44.4 Å². The normalized spacial score (nSPS) is 22.1. The summed E-state index contributed by atoms with van der Waals surface area (Å²) in [5.74, 6) is 1.59. The number of ether oxygens (including phenoxy) is 3. The molecule has 0 radical (unpaired) electrons. The SMILES string of the molecule is c1ccc2c(c1)COCC21COCc2nc3ccc(-c4cnc(N5CCOCC5)nc4)nc3n21. The van der Waals surface area contributed by atoms with Crippen LogP contribution in [0.15, 0.2) is 48.8 Å². The molecule has 4 aromatic rings. The van der Waals surface area contributed by atoms with Gasteiger partial charge < -0.3 is 19.1 Å². The number of hydrogen-bond acceptors (Lipinski definition) is 8. The molecule has 3 aliphatic heterocycles. The number of benzene rings is 1. The molecule has 1 spiro atoms. The highest BCUT2D eigenvalue weighted by Crippen LogP contribution is 2.40. The molecule has 34 heavy (non-hydrogen) atoms. The predicted octanol–water partition coefficient (Wildman–Crippen LogP) is 2.53. The predicted molar refractivity (Wildman–Crippen MR) is 124 cm³/mol. The van der Waals surface area contributed by atoms with Crippen LogP contribution in [-0.4, -0.2) is 64.0 Å². The van der Waals surface area contributed by atoms with Gasteiger partial charge in [0.1, 0.15) is 23.5 Å². The summed E-state index contributed by atoms with van der Waals surface area (Å²) in [4.78, 5) is 21.3. The summed E-state index contributed by atoms with van der Waals surface area (Å²) in [6, 6.07) is 12.4. The van der Waals surface area contributed by atoms with Crippen molar-refractivity contribution < 1.29 is 14.2 Å². The molecule has 0 aliphatic carbocycles. The molecule has 172 valence electrons. The minimum absolute atomic E-state index is 0.451. The Labute approximate surface area is 196 Å². The molecule has 0 N–H and O–H groups in total. The number of imidazole rings is 1. The largest absolute Gasteiger partial charge is 0.378 e. The third kappa shape index (κ3) is 3.04. The number of nitrogens with zero attached hydrogens (tertiary/aromatic N) is 6. The minimum atomic E-state index is -0.487. The van der Waals surface area contributed by atoms with E-state index in [1.165, 1.54) is 11.1 Å². The molecule has 0 saturated carbocycles.